The van der Waals surface area contributed by atoms with Gasteiger partial charge in [-0.3, -0.25) is 0 Å². The van der Waals surface area contributed by atoms with Gasteiger partial charge in [0, 0.05) is 18.8 Å². The summed E-state index contributed by atoms with van der Waals surface area (Å²) in [6.07, 6.45) is 1.23. The van der Waals surface area contributed by atoms with E-state index in [1.54, 1.807) is 0 Å². The van der Waals surface area contributed by atoms with Crippen molar-refractivity contribution in [2.45, 2.75) is 18.4 Å². The average molecular weight is 298 g/mol. The van der Waals surface area contributed by atoms with E-state index in [-0.39, 0.29) is 5.02 Å². The van der Waals surface area contributed by atoms with Crippen molar-refractivity contribution in [2.75, 3.05) is 13.2 Å². The first kappa shape index (κ1) is 13.5. The molecule has 3 rings (SSSR count). The summed E-state index contributed by atoms with van der Waals surface area (Å²) in [5, 5.41) is 4.12. The van der Waals surface area contributed by atoms with E-state index in [0.717, 1.165) is 0 Å². The lowest BCUT2D eigenvalue weighted by Crippen LogP contribution is -2.42. The van der Waals surface area contributed by atoms with Gasteiger partial charge in [0.05, 0.1) is 5.02 Å². The second-order valence-electron chi connectivity index (χ2n) is 4.82. The first-order valence-electron chi connectivity index (χ1n) is 6.25. The minimum Gasteiger partial charge on any atom is -0.381 e. The quantitative estimate of drug-likeness (QED) is 0.922. The molecule has 0 unspecified atom stereocenters. The number of rotatable bonds is 2. The summed E-state index contributed by atoms with van der Waals surface area (Å²) in [5.41, 5.74) is 6.11. The Morgan fingerprint density at radius 3 is 2.75 bits per heavy atom. The van der Waals surface area contributed by atoms with Crippen LogP contribution < -0.4 is 5.73 Å². The van der Waals surface area contributed by atoms with Crippen molar-refractivity contribution in [1.29, 1.82) is 0 Å². The molecule has 5 nitrogen and oxygen atoms in total. The van der Waals surface area contributed by atoms with Crippen LogP contribution in [0.1, 0.15) is 18.7 Å². The Hall–Kier alpha value is -1.50. The summed E-state index contributed by atoms with van der Waals surface area (Å²) in [6, 6.07) is 4.02. The molecule has 1 aromatic carbocycles. The van der Waals surface area contributed by atoms with Crippen molar-refractivity contribution in [2.24, 2.45) is 5.73 Å². The molecule has 106 valence electrons. The van der Waals surface area contributed by atoms with Crippen molar-refractivity contribution in [3.05, 3.63) is 34.9 Å². The van der Waals surface area contributed by atoms with Gasteiger partial charge in [-0.25, -0.2) is 4.39 Å². The van der Waals surface area contributed by atoms with Gasteiger partial charge >= 0.3 is 0 Å². The Balaban J connectivity index is 1.93. The Morgan fingerprint density at radius 2 is 2.05 bits per heavy atom. The monoisotopic (exact) mass is 297 g/mol. The maximum atomic E-state index is 13.0. The van der Waals surface area contributed by atoms with Crippen LogP contribution in [0.15, 0.2) is 22.7 Å². The zero-order valence-electron chi connectivity index (χ0n) is 10.6. The van der Waals surface area contributed by atoms with E-state index in [9.17, 15) is 4.39 Å². The van der Waals surface area contributed by atoms with Crippen LogP contribution in [-0.4, -0.2) is 23.4 Å². The molecule has 0 amide bonds. The molecule has 2 aromatic rings. The second kappa shape index (κ2) is 5.12. The van der Waals surface area contributed by atoms with E-state index in [1.807, 2.05) is 0 Å². The average Bonchev–Trinajstić information content (AvgIpc) is 2.90. The minimum atomic E-state index is -0.671. The molecule has 7 heteroatoms. The first-order chi connectivity index (χ1) is 9.58. The number of hydrogen-bond donors (Lipinski definition) is 1. The first-order valence-corrected chi connectivity index (χ1v) is 6.62. The van der Waals surface area contributed by atoms with Crippen molar-refractivity contribution in [1.82, 2.24) is 10.1 Å². The van der Waals surface area contributed by atoms with Gasteiger partial charge in [-0.05, 0) is 31.0 Å². The fraction of sp³-hybridized carbons (Fsp3) is 0.385. The normalized spacial score (nSPS) is 18.1. The van der Waals surface area contributed by atoms with Crippen molar-refractivity contribution in [3.8, 4) is 11.4 Å². The number of nitrogens with two attached hydrogens (primary N) is 1. The fourth-order valence-electron chi connectivity index (χ4n) is 2.16. The summed E-state index contributed by atoms with van der Waals surface area (Å²) in [4.78, 5) is 4.30. The molecule has 2 heterocycles. The predicted molar refractivity (Wildman–Crippen MR) is 70.6 cm³/mol. The van der Waals surface area contributed by atoms with Crippen LogP contribution in [-0.2, 0) is 10.3 Å². The Morgan fingerprint density at radius 1 is 1.30 bits per heavy atom. The largest absolute Gasteiger partial charge is 0.381 e. The summed E-state index contributed by atoms with van der Waals surface area (Å²) in [7, 11) is 0. The van der Waals surface area contributed by atoms with E-state index in [1.165, 1.54) is 18.2 Å². The van der Waals surface area contributed by atoms with E-state index in [4.69, 9.17) is 26.6 Å². The van der Waals surface area contributed by atoms with E-state index < -0.39 is 11.4 Å². The van der Waals surface area contributed by atoms with Gasteiger partial charge in [-0.2, -0.15) is 4.98 Å². The summed E-state index contributed by atoms with van der Waals surface area (Å²) < 4.78 is 23.6. The molecule has 1 aromatic heterocycles. The number of hydrogen-bond acceptors (Lipinski definition) is 5. The summed E-state index contributed by atoms with van der Waals surface area (Å²) >= 11 is 5.98. The lowest BCUT2D eigenvalue weighted by atomic mass is 9.91. The van der Waals surface area contributed by atoms with Crippen LogP contribution in [0.5, 0.6) is 0 Å². The number of aromatic nitrogens is 2. The van der Waals surface area contributed by atoms with Crippen LogP contribution in [0.2, 0.25) is 5.02 Å². The highest BCUT2D eigenvalue weighted by Crippen LogP contribution is 2.31. The van der Waals surface area contributed by atoms with E-state index in [2.05, 4.69) is 10.1 Å². The molecule has 0 radical (unpaired) electrons. The minimum absolute atomic E-state index is 0.232. The highest BCUT2D eigenvalue weighted by atomic mass is 35.5. The molecule has 0 atom stereocenters. The Labute approximate surface area is 119 Å². The predicted octanol–water partition coefficient (Wildman–Crippen LogP) is 2.49. The highest BCUT2D eigenvalue weighted by Gasteiger charge is 2.36. The van der Waals surface area contributed by atoms with E-state index >= 15 is 0 Å². The molecular weight excluding hydrogens is 285 g/mol. The lowest BCUT2D eigenvalue weighted by molar-refractivity contribution is 0.0400. The summed E-state index contributed by atoms with van der Waals surface area (Å²) in [5.74, 6) is 0.250. The highest BCUT2D eigenvalue weighted by molar-refractivity contribution is 6.33. The third kappa shape index (κ3) is 2.42. The number of ether oxygens (including phenoxy) is 1. The molecule has 1 fully saturated rings. The molecule has 0 bridgehead atoms. The van der Waals surface area contributed by atoms with Gasteiger partial charge in [-0.15, -0.1) is 0 Å². The number of benzene rings is 1. The fourth-order valence-corrected chi connectivity index (χ4v) is 2.41. The molecule has 0 aliphatic carbocycles. The molecular formula is C13H13ClFN3O2. The van der Waals surface area contributed by atoms with Crippen molar-refractivity contribution >= 4 is 11.6 Å². The number of halogens is 2. The van der Waals surface area contributed by atoms with Gasteiger partial charge in [0.1, 0.15) is 11.4 Å². The van der Waals surface area contributed by atoms with Crippen molar-refractivity contribution in [3.63, 3.8) is 0 Å². The van der Waals surface area contributed by atoms with Gasteiger partial charge in [0.15, 0.2) is 0 Å². The SMILES string of the molecule is NC1(c2nc(-c3ccc(F)cc3Cl)no2)CCOCC1. The summed E-state index contributed by atoms with van der Waals surface area (Å²) in [6.45, 7) is 1.12. The van der Waals surface area contributed by atoms with Crippen molar-refractivity contribution < 1.29 is 13.7 Å². The number of nitrogens with zero attached hydrogens (tertiary/aromatic N) is 2. The van der Waals surface area contributed by atoms with Gasteiger partial charge < -0.3 is 15.0 Å². The third-order valence-corrected chi connectivity index (χ3v) is 3.72. The molecule has 2 N–H and O–H groups in total. The second-order valence-corrected chi connectivity index (χ2v) is 5.22. The molecule has 1 saturated heterocycles. The molecule has 0 spiro atoms. The standard InChI is InChI=1S/C13H13ClFN3O2/c14-10-7-8(15)1-2-9(10)11-17-12(20-18-11)13(16)3-5-19-6-4-13/h1-2,7H,3-6,16H2. The maximum absolute atomic E-state index is 13.0. The topological polar surface area (TPSA) is 74.2 Å². The van der Waals surface area contributed by atoms with Gasteiger partial charge in [0.2, 0.25) is 11.7 Å². The van der Waals surface area contributed by atoms with Crippen LogP contribution in [0.3, 0.4) is 0 Å². The molecule has 1 aliphatic rings. The smallest absolute Gasteiger partial charge is 0.247 e. The molecule has 20 heavy (non-hydrogen) atoms. The van der Waals surface area contributed by atoms with Gasteiger partial charge in [-0.1, -0.05) is 16.8 Å². The van der Waals surface area contributed by atoms with Crippen LogP contribution in [0, 0.1) is 5.82 Å². The Kier molecular flexibility index (Phi) is 3.45. The van der Waals surface area contributed by atoms with Crippen LogP contribution in [0.4, 0.5) is 4.39 Å². The third-order valence-electron chi connectivity index (χ3n) is 3.41. The lowest BCUT2D eigenvalue weighted by Gasteiger charge is -2.29. The van der Waals surface area contributed by atoms with E-state index in [0.29, 0.717) is 43.3 Å². The van der Waals surface area contributed by atoms with Crippen LogP contribution in [0.25, 0.3) is 11.4 Å². The zero-order valence-corrected chi connectivity index (χ0v) is 11.4. The Bertz CT molecular complexity index is 626. The molecule has 1 aliphatic heterocycles. The molecule has 0 saturated carbocycles. The zero-order chi connectivity index (χ0) is 14.2. The van der Waals surface area contributed by atoms with Crippen LogP contribution >= 0.6 is 11.6 Å². The maximum Gasteiger partial charge on any atom is 0.247 e. The van der Waals surface area contributed by atoms with Gasteiger partial charge in [0.25, 0.3) is 0 Å².